The van der Waals surface area contributed by atoms with E-state index in [1.165, 1.54) is 6.42 Å². The van der Waals surface area contributed by atoms with Crippen molar-refractivity contribution in [1.29, 1.82) is 0 Å². The molecule has 1 fully saturated rings. The molecule has 0 spiro atoms. The third-order valence-corrected chi connectivity index (χ3v) is 1.96. The average molecular weight is 143 g/mol. The Hall–Kier alpha value is -0.0800. The van der Waals surface area contributed by atoms with Gasteiger partial charge in [0.1, 0.15) is 6.23 Å². The molecule has 1 aliphatic heterocycles. The van der Waals surface area contributed by atoms with Crippen LogP contribution in [0.15, 0.2) is 0 Å². The molecule has 1 heterocycles. The molecule has 1 saturated heterocycles. The van der Waals surface area contributed by atoms with Crippen LogP contribution in [-0.2, 0) is 4.74 Å². The predicted octanol–water partition coefficient (Wildman–Crippen LogP) is 1.37. The molecule has 0 amide bonds. The van der Waals surface area contributed by atoms with Crippen LogP contribution in [0, 0.1) is 5.92 Å². The maximum Gasteiger partial charge on any atom is 0.107 e. The molecule has 0 aromatic rings. The smallest absolute Gasteiger partial charge is 0.107 e. The Balaban J connectivity index is 2.26. The van der Waals surface area contributed by atoms with Crippen LogP contribution < -0.4 is 5.32 Å². The van der Waals surface area contributed by atoms with Gasteiger partial charge in [-0.25, -0.2) is 0 Å². The van der Waals surface area contributed by atoms with Gasteiger partial charge in [-0.3, -0.25) is 5.32 Å². The third-order valence-electron chi connectivity index (χ3n) is 1.96. The summed E-state index contributed by atoms with van der Waals surface area (Å²) in [5.74, 6) is 0.726. The van der Waals surface area contributed by atoms with Gasteiger partial charge in [-0.2, -0.15) is 0 Å². The minimum absolute atomic E-state index is 0.310. The molecule has 1 aliphatic rings. The van der Waals surface area contributed by atoms with E-state index in [1.807, 2.05) is 0 Å². The number of ether oxygens (including phenoxy) is 1. The van der Waals surface area contributed by atoms with Crippen molar-refractivity contribution in [3.63, 3.8) is 0 Å². The van der Waals surface area contributed by atoms with E-state index in [9.17, 15) is 0 Å². The molecule has 1 N–H and O–H groups in total. The zero-order valence-electron chi connectivity index (χ0n) is 6.89. The number of hydrogen-bond acceptors (Lipinski definition) is 2. The summed E-state index contributed by atoms with van der Waals surface area (Å²) in [6.07, 6.45) is 2.63. The van der Waals surface area contributed by atoms with Gasteiger partial charge in [0.2, 0.25) is 0 Å². The van der Waals surface area contributed by atoms with Gasteiger partial charge in [-0.15, -0.1) is 0 Å². The highest BCUT2D eigenvalue weighted by Crippen LogP contribution is 2.08. The van der Waals surface area contributed by atoms with E-state index < -0.39 is 0 Å². The van der Waals surface area contributed by atoms with Crippen molar-refractivity contribution in [3.05, 3.63) is 0 Å². The van der Waals surface area contributed by atoms with Crippen LogP contribution in [0.25, 0.3) is 0 Å². The van der Waals surface area contributed by atoms with E-state index in [0.717, 1.165) is 25.5 Å². The van der Waals surface area contributed by atoms with Gasteiger partial charge in [0.25, 0.3) is 0 Å². The SMILES string of the molecule is CCC1NCCC(C)CO1. The molecule has 2 nitrogen and oxygen atoms in total. The lowest BCUT2D eigenvalue weighted by atomic mass is 10.1. The van der Waals surface area contributed by atoms with Gasteiger partial charge in [0.15, 0.2) is 0 Å². The zero-order valence-corrected chi connectivity index (χ0v) is 6.89. The predicted molar refractivity (Wildman–Crippen MR) is 41.8 cm³/mol. The van der Waals surface area contributed by atoms with E-state index in [4.69, 9.17) is 4.74 Å². The molecule has 0 saturated carbocycles. The van der Waals surface area contributed by atoms with Crippen LogP contribution in [0.4, 0.5) is 0 Å². The van der Waals surface area contributed by atoms with Crippen molar-refractivity contribution < 1.29 is 4.74 Å². The molecule has 2 atom stereocenters. The Morgan fingerprint density at radius 3 is 3.10 bits per heavy atom. The minimum Gasteiger partial charge on any atom is -0.363 e. The molecule has 0 aromatic carbocycles. The summed E-state index contributed by atoms with van der Waals surface area (Å²) >= 11 is 0. The standard InChI is InChI=1S/C8H17NO/c1-3-8-9-5-4-7(2)6-10-8/h7-9H,3-6H2,1-2H3. The van der Waals surface area contributed by atoms with E-state index in [2.05, 4.69) is 19.2 Å². The average Bonchev–Trinajstić information content (AvgIpc) is 2.14. The summed E-state index contributed by atoms with van der Waals surface area (Å²) in [6, 6.07) is 0. The second-order valence-corrected chi connectivity index (χ2v) is 3.08. The van der Waals surface area contributed by atoms with Gasteiger partial charge in [0, 0.05) is 0 Å². The van der Waals surface area contributed by atoms with Gasteiger partial charge < -0.3 is 4.74 Å². The molecule has 2 heteroatoms. The normalized spacial score (nSPS) is 35.4. The first kappa shape index (κ1) is 8.02. The highest BCUT2D eigenvalue weighted by molar-refractivity contribution is 4.63. The number of nitrogens with one attached hydrogen (secondary N) is 1. The quantitative estimate of drug-likeness (QED) is 0.598. The molecule has 0 aromatic heterocycles. The van der Waals surface area contributed by atoms with E-state index in [0.29, 0.717) is 6.23 Å². The zero-order chi connectivity index (χ0) is 7.40. The van der Waals surface area contributed by atoms with Crippen LogP contribution in [0.1, 0.15) is 26.7 Å². The Morgan fingerprint density at radius 2 is 2.40 bits per heavy atom. The summed E-state index contributed by atoms with van der Waals surface area (Å²) < 4.78 is 5.55. The summed E-state index contributed by atoms with van der Waals surface area (Å²) in [7, 11) is 0. The summed E-state index contributed by atoms with van der Waals surface area (Å²) in [5.41, 5.74) is 0. The van der Waals surface area contributed by atoms with Crippen LogP contribution in [-0.4, -0.2) is 19.4 Å². The third kappa shape index (κ3) is 2.27. The fourth-order valence-corrected chi connectivity index (χ4v) is 1.18. The van der Waals surface area contributed by atoms with Crippen molar-refractivity contribution in [2.45, 2.75) is 32.9 Å². The van der Waals surface area contributed by atoms with E-state index >= 15 is 0 Å². The van der Waals surface area contributed by atoms with Crippen LogP contribution in [0.5, 0.6) is 0 Å². The van der Waals surface area contributed by atoms with Crippen molar-refractivity contribution >= 4 is 0 Å². The van der Waals surface area contributed by atoms with Crippen LogP contribution in [0.2, 0.25) is 0 Å². The Labute approximate surface area is 63.0 Å². The maximum absolute atomic E-state index is 5.55. The first-order valence-electron chi connectivity index (χ1n) is 4.18. The summed E-state index contributed by atoms with van der Waals surface area (Å²) in [4.78, 5) is 0. The molecular weight excluding hydrogens is 126 g/mol. The summed E-state index contributed by atoms with van der Waals surface area (Å²) in [5, 5.41) is 3.34. The van der Waals surface area contributed by atoms with Gasteiger partial charge in [-0.1, -0.05) is 13.8 Å². The second-order valence-electron chi connectivity index (χ2n) is 3.08. The fraction of sp³-hybridized carbons (Fsp3) is 1.00. The van der Waals surface area contributed by atoms with Gasteiger partial charge >= 0.3 is 0 Å². The van der Waals surface area contributed by atoms with Gasteiger partial charge in [0.05, 0.1) is 6.61 Å². The molecule has 0 radical (unpaired) electrons. The summed E-state index contributed by atoms with van der Waals surface area (Å²) in [6.45, 7) is 6.42. The lowest BCUT2D eigenvalue weighted by Gasteiger charge is -2.13. The Bertz CT molecular complexity index is 95.3. The molecule has 10 heavy (non-hydrogen) atoms. The maximum atomic E-state index is 5.55. The van der Waals surface area contributed by atoms with Gasteiger partial charge in [-0.05, 0) is 25.3 Å². The minimum atomic E-state index is 0.310. The molecule has 0 bridgehead atoms. The monoisotopic (exact) mass is 143 g/mol. The van der Waals surface area contributed by atoms with Crippen LogP contribution in [0.3, 0.4) is 0 Å². The van der Waals surface area contributed by atoms with Crippen molar-refractivity contribution in [1.82, 2.24) is 5.32 Å². The first-order chi connectivity index (χ1) is 4.83. The van der Waals surface area contributed by atoms with Crippen molar-refractivity contribution in [2.75, 3.05) is 13.2 Å². The van der Waals surface area contributed by atoms with Crippen molar-refractivity contribution in [2.24, 2.45) is 5.92 Å². The highest BCUT2D eigenvalue weighted by Gasteiger charge is 2.12. The number of rotatable bonds is 1. The molecule has 60 valence electrons. The lowest BCUT2D eigenvalue weighted by Crippen LogP contribution is -2.29. The Morgan fingerprint density at radius 1 is 1.60 bits per heavy atom. The lowest BCUT2D eigenvalue weighted by molar-refractivity contribution is 0.0274. The van der Waals surface area contributed by atoms with Crippen molar-refractivity contribution in [3.8, 4) is 0 Å². The molecule has 1 rings (SSSR count). The van der Waals surface area contributed by atoms with E-state index in [1.54, 1.807) is 0 Å². The van der Waals surface area contributed by atoms with Crippen LogP contribution >= 0.6 is 0 Å². The second kappa shape index (κ2) is 3.94. The Kier molecular flexibility index (Phi) is 3.16. The highest BCUT2D eigenvalue weighted by atomic mass is 16.5. The molecule has 2 unspecified atom stereocenters. The molecular formula is C8H17NO. The largest absolute Gasteiger partial charge is 0.363 e. The first-order valence-corrected chi connectivity index (χ1v) is 4.18. The topological polar surface area (TPSA) is 21.3 Å². The molecule has 0 aliphatic carbocycles. The number of hydrogen-bond donors (Lipinski definition) is 1. The fourth-order valence-electron chi connectivity index (χ4n) is 1.18. The van der Waals surface area contributed by atoms with E-state index in [-0.39, 0.29) is 0 Å².